The zero-order chi connectivity index (χ0) is 12.1. The van der Waals surface area contributed by atoms with Crippen LogP contribution in [0.5, 0.6) is 5.75 Å². The van der Waals surface area contributed by atoms with Crippen molar-refractivity contribution in [3.8, 4) is 17.0 Å². The Kier molecular flexibility index (Phi) is 4.12. The fraction of sp³-hybridized carbons (Fsp3) is 0.308. The van der Waals surface area contributed by atoms with E-state index in [-0.39, 0.29) is 0 Å². The summed E-state index contributed by atoms with van der Waals surface area (Å²) in [4.78, 5) is 4.57. The Morgan fingerprint density at radius 3 is 2.94 bits per heavy atom. The molecule has 1 heterocycles. The first-order valence-corrected chi connectivity index (χ1v) is 6.59. The van der Waals surface area contributed by atoms with E-state index >= 15 is 0 Å². The van der Waals surface area contributed by atoms with Gasteiger partial charge in [-0.3, -0.25) is 0 Å². The maximum atomic E-state index is 5.60. The number of hydrogen-bond donors (Lipinski definition) is 1. The number of aromatic nitrogens is 1. The van der Waals surface area contributed by atoms with Crippen LogP contribution in [-0.4, -0.2) is 18.1 Å². The molecule has 0 bridgehead atoms. The summed E-state index contributed by atoms with van der Waals surface area (Å²) < 4.78 is 5.60. The molecule has 3 nitrogen and oxygen atoms in total. The van der Waals surface area contributed by atoms with E-state index in [4.69, 9.17) is 10.5 Å². The van der Waals surface area contributed by atoms with Gasteiger partial charge in [-0.15, -0.1) is 11.3 Å². The summed E-state index contributed by atoms with van der Waals surface area (Å²) in [7, 11) is 0. The summed E-state index contributed by atoms with van der Waals surface area (Å²) >= 11 is 1.65. The minimum Gasteiger partial charge on any atom is -0.493 e. The van der Waals surface area contributed by atoms with E-state index in [1.807, 2.05) is 31.2 Å². The van der Waals surface area contributed by atoms with Gasteiger partial charge >= 0.3 is 0 Å². The Balaban J connectivity index is 2.31. The van der Waals surface area contributed by atoms with Crippen LogP contribution in [0.15, 0.2) is 29.6 Å². The maximum absolute atomic E-state index is 5.60. The van der Waals surface area contributed by atoms with Gasteiger partial charge in [0.25, 0.3) is 0 Å². The average Bonchev–Trinajstić information content (AvgIpc) is 2.79. The number of nitrogens with two attached hydrogens (primary N) is 1. The van der Waals surface area contributed by atoms with Gasteiger partial charge in [0.15, 0.2) is 0 Å². The van der Waals surface area contributed by atoms with E-state index in [0.717, 1.165) is 28.4 Å². The molecule has 0 atom stereocenters. The van der Waals surface area contributed by atoms with Crippen LogP contribution in [0.2, 0.25) is 0 Å². The molecule has 0 saturated heterocycles. The predicted octanol–water partition coefficient (Wildman–Crippen LogP) is 2.71. The average molecular weight is 248 g/mol. The molecule has 2 aromatic rings. The van der Waals surface area contributed by atoms with Crippen LogP contribution in [0, 0.1) is 0 Å². The number of benzene rings is 1. The van der Waals surface area contributed by atoms with E-state index in [9.17, 15) is 0 Å². The van der Waals surface area contributed by atoms with E-state index in [1.54, 1.807) is 11.3 Å². The van der Waals surface area contributed by atoms with Crippen LogP contribution in [0.25, 0.3) is 11.3 Å². The third-order valence-corrected chi connectivity index (χ3v) is 3.28. The van der Waals surface area contributed by atoms with Crippen LogP contribution in [0.3, 0.4) is 0 Å². The highest BCUT2D eigenvalue weighted by atomic mass is 32.1. The molecule has 0 saturated carbocycles. The molecular weight excluding hydrogens is 232 g/mol. The lowest BCUT2D eigenvalue weighted by Crippen LogP contribution is -2.02. The molecule has 1 aromatic heterocycles. The molecule has 0 aliphatic carbocycles. The van der Waals surface area contributed by atoms with Gasteiger partial charge in [-0.2, -0.15) is 0 Å². The van der Waals surface area contributed by atoms with Gasteiger partial charge < -0.3 is 10.5 Å². The van der Waals surface area contributed by atoms with Crippen LogP contribution < -0.4 is 10.5 Å². The Labute approximate surface area is 105 Å². The second-order valence-corrected chi connectivity index (χ2v) is 4.54. The minimum absolute atomic E-state index is 0.639. The van der Waals surface area contributed by atoms with Gasteiger partial charge in [0.05, 0.1) is 17.3 Å². The summed E-state index contributed by atoms with van der Waals surface area (Å²) in [6.45, 7) is 3.29. The number of rotatable bonds is 5. The molecule has 0 spiro atoms. The summed E-state index contributed by atoms with van der Waals surface area (Å²) in [6.07, 6.45) is 0.835. The second kappa shape index (κ2) is 5.80. The second-order valence-electron chi connectivity index (χ2n) is 3.59. The van der Waals surface area contributed by atoms with Crippen LogP contribution in [-0.2, 0) is 6.42 Å². The highest BCUT2D eigenvalue weighted by Crippen LogP contribution is 2.30. The molecule has 0 aliphatic rings. The lowest BCUT2D eigenvalue weighted by atomic mass is 10.1. The van der Waals surface area contributed by atoms with Gasteiger partial charge in [-0.1, -0.05) is 12.1 Å². The number of thiazole rings is 1. The van der Waals surface area contributed by atoms with Crippen LogP contribution in [0.1, 0.15) is 11.9 Å². The number of nitrogens with zero attached hydrogens (tertiary/aromatic N) is 1. The Bertz CT molecular complexity index is 482. The monoisotopic (exact) mass is 248 g/mol. The zero-order valence-electron chi connectivity index (χ0n) is 9.85. The molecule has 0 aliphatic heterocycles. The van der Waals surface area contributed by atoms with Gasteiger partial charge in [-0.05, 0) is 25.6 Å². The largest absolute Gasteiger partial charge is 0.493 e. The molecule has 17 heavy (non-hydrogen) atoms. The number of hydrogen-bond acceptors (Lipinski definition) is 4. The van der Waals surface area contributed by atoms with Crippen molar-refractivity contribution >= 4 is 11.3 Å². The zero-order valence-corrected chi connectivity index (χ0v) is 10.7. The number of ether oxygens (including phenoxy) is 1. The topological polar surface area (TPSA) is 48.1 Å². The fourth-order valence-corrected chi connectivity index (χ4v) is 2.45. The summed E-state index contributed by atoms with van der Waals surface area (Å²) in [6, 6.07) is 7.98. The Morgan fingerprint density at radius 2 is 2.18 bits per heavy atom. The first kappa shape index (κ1) is 12.1. The fourth-order valence-electron chi connectivity index (χ4n) is 1.63. The summed E-state index contributed by atoms with van der Waals surface area (Å²) in [5, 5.41) is 3.14. The molecule has 2 rings (SSSR count). The van der Waals surface area contributed by atoms with Gasteiger partial charge in [0, 0.05) is 17.4 Å². The van der Waals surface area contributed by atoms with Crippen molar-refractivity contribution < 1.29 is 4.74 Å². The van der Waals surface area contributed by atoms with Gasteiger partial charge in [0.2, 0.25) is 0 Å². The van der Waals surface area contributed by atoms with Gasteiger partial charge in [-0.25, -0.2) is 4.98 Å². The predicted molar refractivity (Wildman–Crippen MR) is 71.5 cm³/mol. The third kappa shape index (κ3) is 2.84. The maximum Gasteiger partial charge on any atom is 0.128 e. The molecular formula is C13H16N2OS. The van der Waals surface area contributed by atoms with Crippen LogP contribution >= 0.6 is 11.3 Å². The highest BCUT2D eigenvalue weighted by Gasteiger charge is 2.09. The molecule has 0 unspecified atom stereocenters. The molecule has 4 heteroatoms. The number of para-hydroxylation sites is 1. The molecule has 1 aromatic carbocycles. The lowest BCUT2D eigenvalue weighted by molar-refractivity contribution is 0.341. The van der Waals surface area contributed by atoms with Crippen molar-refractivity contribution in [3.63, 3.8) is 0 Å². The molecule has 90 valence electrons. The minimum atomic E-state index is 0.639. The van der Waals surface area contributed by atoms with E-state index < -0.39 is 0 Å². The normalized spacial score (nSPS) is 10.5. The summed E-state index contributed by atoms with van der Waals surface area (Å²) in [5.74, 6) is 0.889. The van der Waals surface area contributed by atoms with E-state index in [1.165, 1.54) is 0 Å². The third-order valence-electron chi connectivity index (χ3n) is 2.37. The standard InChI is InChI=1S/C13H16N2OS/c1-2-16-12-6-4-3-5-10(12)11-9-17-13(15-11)7-8-14/h3-6,9H,2,7-8,14H2,1H3. The van der Waals surface area contributed by atoms with Crippen LogP contribution in [0.4, 0.5) is 0 Å². The van der Waals surface area contributed by atoms with Crippen molar-refractivity contribution in [1.29, 1.82) is 0 Å². The molecule has 2 N–H and O–H groups in total. The Morgan fingerprint density at radius 1 is 1.35 bits per heavy atom. The van der Waals surface area contributed by atoms with Crippen molar-refractivity contribution in [2.45, 2.75) is 13.3 Å². The van der Waals surface area contributed by atoms with Crippen molar-refractivity contribution in [2.24, 2.45) is 5.73 Å². The van der Waals surface area contributed by atoms with Gasteiger partial charge in [0.1, 0.15) is 5.75 Å². The lowest BCUT2D eigenvalue weighted by Gasteiger charge is -2.07. The molecule has 0 radical (unpaired) electrons. The van der Waals surface area contributed by atoms with Crippen molar-refractivity contribution in [1.82, 2.24) is 4.98 Å². The first-order valence-electron chi connectivity index (χ1n) is 5.71. The van der Waals surface area contributed by atoms with Crippen molar-refractivity contribution in [3.05, 3.63) is 34.7 Å². The first-order chi connectivity index (χ1) is 8.35. The van der Waals surface area contributed by atoms with Crippen molar-refractivity contribution in [2.75, 3.05) is 13.2 Å². The Hall–Kier alpha value is -1.39. The smallest absolute Gasteiger partial charge is 0.128 e. The molecule has 0 amide bonds. The molecule has 0 fully saturated rings. The quantitative estimate of drug-likeness (QED) is 0.885. The summed E-state index contributed by atoms with van der Waals surface area (Å²) in [5.41, 5.74) is 7.55. The van der Waals surface area contributed by atoms with E-state index in [0.29, 0.717) is 13.2 Å². The SMILES string of the molecule is CCOc1ccccc1-c1csc(CCN)n1. The highest BCUT2D eigenvalue weighted by molar-refractivity contribution is 7.09. The van der Waals surface area contributed by atoms with E-state index in [2.05, 4.69) is 10.4 Å².